The maximum atomic E-state index is 12.5. The molecule has 0 aromatic heterocycles. The summed E-state index contributed by atoms with van der Waals surface area (Å²) in [5.74, 6) is 0.785. The normalized spacial score (nSPS) is 13.6. The van der Waals surface area contributed by atoms with Crippen LogP contribution in [0.15, 0.2) is 42.5 Å². The number of nitrogens with zero attached hydrogens (tertiary/aromatic N) is 2. The van der Waals surface area contributed by atoms with Crippen molar-refractivity contribution in [1.29, 1.82) is 0 Å². The van der Waals surface area contributed by atoms with Gasteiger partial charge in [-0.3, -0.25) is 14.9 Å². The highest BCUT2D eigenvalue weighted by molar-refractivity contribution is 6.32. The predicted octanol–water partition coefficient (Wildman–Crippen LogP) is 4.21. The molecule has 1 atom stereocenters. The lowest BCUT2D eigenvalue weighted by Crippen LogP contribution is -2.28. The van der Waals surface area contributed by atoms with Gasteiger partial charge in [0, 0.05) is 25.3 Å². The van der Waals surface area contributed by atoms with Crippen molar-refractivity contribution in [3.63, 3.8) is 0 Å². The SMILES string of the molecule is C[C@@H](c1cccc([N+](=O)[O-])c1)N(C)C(=O)/C=C/c1cc(Cl)c2c(c1)OCO2. The minimum absolute atomic E-state index is 0.00857. The number of nitro groups is 1. The fourth-order valence-corrected chi connectivity index (χ4v) is 2.95. The Bertz CT molecular complexity index is 928. The first kappa shape index (κ1) is 18.7. The highest BCUT2D eigenvalue weighted by atomic mass is 35.5. The summed E-state index contributed by atoms with van der Waals surface area (Å²) in [5, 5.41) is 11.3. The topological polar surface area (TPSA) is 81.9 Å². The van der Waals surface area contributed by atoms with Crippen LogP contribution in [-0.4, -0.2) is 29.6 Å². The van der Waals surface area contributed by atoms with Crippen molar-refractivity contribution in [2.75, 3.05) is 13.8 Å². The largest absolute Gasteiger partial charge is 0.454 e. The molecular weight excluding hydrogens is 372 g/mol. The molecule has 0 aliphatic carbocycles. The van der Waals surface area contributed by atoms with E-state index in [1.54, 1.807) is 37.4 Å². The summed E-state index contributed by atoms with van der Waals surface area (Å²) in [4.78, 5) is 24.5. The summed E-state index contributed by atoms with van der Waals surface area (Å²) in [5.41, 5.74) is 1.37. The first-order valence-corrected chi connectivity index (χ1v) is 8.53. The number of hydrogen-bond donors (Lipinski definition) is 0. The Morgan fingerprint density at radius 1 is 1.33 bits per heavy atom. The molecule has 27 heavy (non-hydrogen) atoms. The van der Waals surface area contributed by atoms with E-state index in [-0.39, 0.29) is 24.4 Å². The van der Waals surface area contributed by atoms with Crippen molar-refractivity contribution in [2.24, 2.45) is 0 Å². The van der Waals surface area contributed by atoms with Gasteiger partial charge in [-0.1, -0.05) is 23.7 Å². The molecule has 1 aliphatic rings. The van der Waals surface area contributed by atoms with Crippen molar-refractivity contribution in [3.8, 4) is 11.5 Å². The van der Waals surface area contributed by atoms with Crippen LogP contribution in [0.2, 0.25) is 5.02 Å². The number of non-ortho nitro benzene ring substituents is 1. The van der Waals surface area contributed by atoms with Gasteiger partial charge in [-0.2, -0.15) is 0 Å². The molecule has 1 aliphatic heterocycles. The van der Waals surface area contributed by atoms with Gasteiger partial charge in [0.15, 0.2) is 11.5 Å². The van der Waals surface area contributed by atoms with E-state index in [9.17, 15) is 14.9 Å². The molecule has 0 bridgehead atoms. The Morgan fingerprint density at radius 3 is 2.85 bits per heavy atom. The average molecular weight is 389 g/mol. The second-order valence-electron chi connectivity index (χ2n) is 6.05. The van der Waals surface area contributed by atoms with E-state index >= 15 is 0 Å². The molecule has 3 rings (SSSR count). The van der Waals surface area contributed by atoms with E-state index in [4.69, 9.17) is 21.1 Å². The van der Waals surface area contributed by atoms with Crippen molar-refractivity contribution >= 4 is 29.3 Å². The third-order valence-electron chi connectivity index (χ3n) is 4.36. The number of rotatable bonds is 5. The zero-order chi connectivity index (χ0) is 19.6. The van der Waals surface area contributed by atoms with Gasteiger partial charge in [0.05, 0.1) is 16.0 Å². The summed E-state index contributed by atoms with van der Waals surface area (Å²) in [6.45, 7) is 1.92. The molecule has 0 saturated heterocycles. The smallest absolute Gasteiger partial charge is 0.269 e. The fraction of sp³-hybridized carbons (Fsp3) is 0.211. The van der Waals surface area contributed by atoms with E-state index < -0.39 is 4.92 Å². The van der Waals surface area contributed by atoms with E-state index in [0.717, 1.165) is 0 Å². The van der Waals surface area contributed by atoms with Gasteiger partial charge in [0.1, 0.15) is 0 Å². The number of nitro benzene ring substituents is 1. The molecule has 8 heteroatoms. The third kappa shape index (κ3) is 4.03. The van der Waals surface area contributed by atoms with Gasteiger partial charge in [-0.25, -0.2) is 0 Å². The van der Waals surface area contributed by atoms with Gasteiger partial charge >= 0.3 is 0 Å². The number of carbonyl (C=O) groups excluding carboxylic acids is 1. The second-order valence-corrected chi connectivity index (χ2v) is 6.45. The van der Waals surface area contributed by atoms with Crippen molar-refractivity contribution in [1.82, 2.24) is 4.90 Å². The number of ether oxygens (including phenoxy) is 2. The van der Waals surface area contributed by atoms with Gasteiger partial charge in [-0.15, -0.1) is 0 Å². The zero-order valence-corrected chi connectivity index (χ0v) is 15.5. The summed E-state index contributed by atoms with van der Waals surface area (Å²) in [7, 11) is 1.64. The number of carbonyl (C=O) groups is 1. The van der Waals surface area contributed by atoms with Crippen LogP contribution in [0.5, 0.6) is 11.5 Å². The van der Waals surface area contributed by atoms with Crippen LogP contribution in [0.25, 0.3) is 6.08 Å². The van der Waals surface area contributed by atoms with E-state index in [2.05, 4.69) is 0 Å². The summed E-state index contributed by atoms with van der Waals surface area (Å²) in [6.07, 6.45) is 3.05. The fourth-order valence-electron chi connectivity index (χ4n) is 2.68. The first-order valence-electron chi connectivity index (χ1n) is 8.15. The Balaban J connectivity index is 1.74. The lowest BCUT2D eigenvalue weighted by Gasteiger charge is -2.24. The number of halogens is 1. The van der Waals surface area contributed by atoms with Crippen molar-refractivity contribution in [2.45, 2.75) is 13.0 Å². The Kier molecular flexibility index (Phi) is 5.32. The standard InChI is InChI=1S/C19H17ClN2O5/c1-12(14-4-3-5-15(10-14)22(24)25)21(2)18(23)7-6-13-8-16(20)19-17(9-13)26-11-27-19/h3-10,12H,11H2,1-2H3/b7-6+/t12-/m0/s1. The molecule has 7 nitrogen and oxygen atoms in total. The van der Waals surface area contributed by atoms with Gasteiger partial charge in [0.2, 0.25) is 12.7 Å². The minimum atomic E-state index is -0.457. The summed E-state index contributed by atoms with van der Waals surface area (Å²) < 4.78 is 10.6. The molecule has 0 radical (unpaired) electrons. The van der Waals surface area contributed by atoms with Crippen molar-refractivity contribution < 1.29 is 19.2 Å². The molecule has 2 aromatic rings. The maximum absolute atomic E-state index is 12.5. The Morgan fingerprint density at radius 2 is 2.11 bits per heavy atom. The number of fused-ring (bicyclic) bond motifs is 1. The van der Waals surface area contributed by atoms with Crippen LogP contribution in [0.1, 0.15) is 24.1 Å². The molecule has 0 N–H and O–H groups in total. The molecule has 0 saturated carbocycles. The van der Waals surface area contributed by atoms with Gasteiger partial charge in [-0.05, 0) is 36.3 Å². The van der Waals surface area contributed by atoms with E-state index in [1.165, 1.54) is 23.1 Å². The van der Waals surface area contributed by atoms with E-state index in [0.29, 0.717) is 27.6 Å². The number of likely N-dealkylation sites (N-methyl/N-ethyl adjacent to an activating group) is 1. The van der Waals surface area contributed by atoms with Crippen LogP contribution < -0.4 is 9.47 Å². The van der Waals surface area contributed by atoms with Crippen molar-refractivity contribution in [3.05, 3.63) is 68.7 Å². The average Bonchev–Trinajstić information content (AvgIpc) is 3.14. The number of hydrogen-bond acceptors (Lipinski definition) is 5. The third-order valence-corrected chi connectivity index (χ3v) is 4.64. The maximum Gasteiger partial charge on any atom is 0.269 e. The molecule has 1 amide bonds. The van der Waals surface area contributed by atoms with E-state index in [1.807, 2.05) is 6.92 Å². The predicted molar refractivity (Wildman–Crippen MR) is 101 cm³/mol. The second kappa shape index (κ2) is 7.67. The van der Waals surface area contributed by atoms with Crippen LogP contribution in [0.3, 0.4) is 0 Å². The first-order chi connectivity index (χ1) is 12.9. The zero-order valence-electron chi connectivity index (χ0n) is 14.7. The molecule has 140 valence electrons. The van der Waals surface area contributed by atoms with Crippen LogP contribution in [0.4, 0.5) is 5.69 Å². The lowest BCUT2D eigenvalue weighted by atomic mass is 10.1. The monoisotopic (exact) mass is 388 g/mol. The molecule has 0 unspecified atom stereocenters. The Labute approximate surface area is 160 Å². The van der Waals surface area contributed by atoms with Gasteiger partial charge in [0.25, 0.3) is 5.69 Å². The van der Waals surface area contributed by atoms with Crippen LogP contribution in [0, 0.1) is 10.1 Å². The highest BCUT2D eigenvalue weighted by Gasteiger charge is 2.19. The molecular formula is C19H17ClN2O5. The quantitative estimate of drug-likeness (QED) is 0.435. The lowest BCUT2D eigenvalue weighted by molar-refractivity contribution is -0.384. The number of amides is 1. The summed E-state index contributed by atoms with van der Waals surface area (Å²) >= 11 is 6.13. The van der Waals surface area contributed by atoms with Gasteiger partial charge < -0.3 is 14.4 Å². The Hall–Kier alpha value is -3.06. The highest BCUT2D eigenvalue weighted by Crippen LogP contribution is 2.40. The van der Waals surface area contributed by atoms with Crippen LogP contribution >= 0.6 is 11.6 Å². The molecule has 0 fully saturated rings. The molecule has 0 spiro atoms. The molecule has 1 heterocycles. The number of benzene rings is 2. The summed E-state index contributed by atoms with van der Waals surface area (Å²) in [6, 6.07) is 9.33. The molecule has 2 aromatic carbocycles. The minimum Gasteiger partial charge on any atom is -0.454 e. The van der Waals surface area contributed by atoms with Crippen LogP contribution in [-0.2, 0) is 4.79 Å².